The lowest BCUT2D eigenvalue weighted by molar-refractivity contribution is 0.181. The monoisotopic (exact) mass is 297 g/mol. The molecule has 0 aromatic carbocycles. The van der Waals surface area contributed by atoms with E-state index in [4.69, 9.17) is 17.3 Å². The molecule has 1 atom stereocenters. The number of aryl methyl sites for hydroxylation is 2. The minimum atomic E-state index is 0.188. The van der Waals surface area contributed by atoms with Crippen LogP contribution in [0, 0.1) is 18.3 Å². The van der Waals surface area contributed by atoms with Crippen molar-refractivity contribution in [2.45, 2.75) is 65.3 Å². The predicted molar refractivity (Wildman–Crippen MR) is 85.0 cm³/mol. The maximum atomic E-state index is 6.65. The fraction of sp³-hybridized carbons (Fsp3) is 0.812. The molecule has 2 N–H and O–H groups in total. The highest BCUT2D eigenvalue weighted by molar-refractivity contribution is 6.30. The van der Waals surface area contributed by atoms with Crippen LogP contribution in [0.1, 0.15) is 57.2 Å². The van der Waals surface area contributed by atoms with E-state index in [0.29, 0.717) is 11.3 Å². The lowest BCUT2D eigenvalue weighted by atomic mass is 9.71. The second kappa shape index (κ2) is 6.07. The fourth-order valence-electron chi connectivity index (χ4n) is 3.96. The van der Waals surface area contributed by atoms with Gasteiger partial charge in [0.25, 0.3) is 0 Å². The van der Waals surface area contributed by atoms with E-state index in [1.165, 1.54) is 32.1 Å². The van der Waals surface area contributed by atoms with Crippen molar-refractivity contribution in [3.63, 3.8) is 0 Å². The molecular weight excluding hydrogens is 270 g/mol. The third kappa shape index (κ3) is 3.04. The summed E-state index contributed by atoms with van der Waals surface area (Å²) in [6, 6.07) is 0.188. The summed E-state index contributed by atoms with van der Waals surface area (Å²) in [5, 5.41) is 5.15. The number of aromatic nitrogens is 2. The van der Waals surface area contributed by atoms with Crippen LogP contribution in [0.2, 0.25) is 5.15 Å². The van der Waals surface area contributed by atoms with E-state index in [0.717, 1.165) is 22.8 Å². The van der Waals surface area contributed by atoms with Gasteiger partial charge in [-0.25, -0.2) is 0 Å². The van der Waals surface area contributed by atoms with E-state index in [9.17, 15) is 0 Å². The molecule has 20 heavy (non-hydrogen) atoms. The Morgan fingerprint density at radius 1 is 1.35 bits per heavy atom. The molecule has 2 rings (SSSR count). The zero-order valence-corrected chi connectivity index (χ0v) is 14.0. The van der Waals surface area contributed by atoms with Crippen LogP contribution in [0.25, 0.3) is 0 Å². The summed E-state index contributed by atoms with van der Waals surface area (Å²) in [5.41, 5.74) is 9.11. The van der Waals surface area contributed by atoms with Crippen LogP contribution in [-0.2, 0) is 13.5 Å². The maximum absolute atomic E-state index is 6.65. The Labute approximate surface area is 127 Å². The molecular formula is C16H28ClN3. The van der Waals surface area contributed by atoms with Crippen LogP contribution < -0.4 is 5.73 Å². The normalized spacial score (nSPS) is 19.8. The van der Waals surface area contributed by atoms with Gasteiger partial charge in [0, 0.05) is 18.7 Å². The molecule has 0 saturated heterocycles. The van der Waals surface area contributed by atoms with Crippen LogP contribution >= 0.6 is 11.6 Å². The van der Waals surface area contributed by atoms with E-state index in [1.807, 2.05) is 14.0 Å². The minimum Gasteiger partial charge on any atom is -0.327 e. The van der Waals surface area contributed by atoms with Crippen molar-refractivity contribution in [2.75, 3.05) is 0 Å². The average Bonchev–Trinajstić information content (AvgIpc) is 2.90. The quantitative estimate of drug-likeness (QED) is 0.897. The minimum absolute atomic E-state index is 0.188. The fourth-order valence-corrected chi connectivity index (χ4v) is 4.21. The third-order valence-corrected chi connectivity index (χ3v) is 5.37. The Morgan fingerprint density at radius 2 is 1.95 bits per heavy atom. The molecule has 0 spiro atoms. The van der Waals surface area contributed by atoms with Crippen LogP contribution in [0.4, 0.5) is 0 Å². The molecule has 4 heteroatoms. The number of nitrogens with two attached hydrogens (primary N) is 1. The van der Waals surface area contributed by atoms with Gasteiger partial charge >= 0.3 is 0 Å². The van der Waals surface area contributed by atoms with E-state index in [1.54, 1.807) is 4.68 Å². The second-order valence-corrected chi connectivity index (χ2v) is 7.31. The smallest absolute Gasteiger partial charge is 0.130 e. The molecule has 1 aliphatic rings. The van der Waals surface area contributed by atoms with Crippen molar-refractivity contribution >= 4 is 11.6 Å². The highest BCUT2D eigenvalue weighted by atomic mass is 35.5. The van der Waals surface area contributed by atoms with Gasteiger partial charge in [0.2, 0.25) is 0 Å². The maximum Gasteiger partial charge on any atom is 0.130 e. The first-order valence-electron chi connectivity index (χ1n) is 7.79. The van der Waals surface area contributed by atoms with Crippen LogP contribution in [0.5, 0.6) is 0 Å². The molecule has 1 aromatic rings. The summed E-state index contributed by atoms with van der Waals surface area (Å²) in [7, 11) is 1.89. The SMILES string of the molecule is Cc1nn(C)c(Cl)c1CC(N)C1(CC(C)C)CCCC1. The van der Waals surface area contributed by atoms with Crippen LogP contribution in [0.3, 0.4) is 0 Å². The van der Waals surface area contributed by atoms with Gasteiger partial charge < -0.3 is 5.73 Å². The van der Waals surface area contributed by atoms with Gasteiger partial charge in [-0.1, -0.05) is 38.3 Å². The van der Waals surface area contributed by atoms with Crippen LogP contribution in [-0.4, -0.2) is 15.8 Å². The molecule has 0 bridgehead atoms. The summed E-state index contributed by atoms with van der Waals surface area (Å²) in [4.78, 5) is 0. The van der Waals surface area contributed by atoms with Crippen molar-refractivity contribution in [1.82, 2.24) is 9.78 Å². The molecule has 0 aliphatic heterocycles. The standard InChI is InChI=1S/C16H28ClN3/c1-11(2)10-16(7-5-6-8-16)14(18)9-13-12(3)19-20(4)15(13)17/h11,14H,5-10,18H2,1-4H3. The Balaban J connectivity index is 2.18. The van der Waals surface area contributed by atoms with Gasteiger partial charge in [0.1, 0.15) is 5.15 Å². The van der Waals surface area contributed by atoms with E-state index >= 15 is 0 Å². The van der Waals surface area contributed by atoms with Crippen molar-refractivity contribution in [3.8, 4) is 0 Å². The summed E-state index contributed by atoms with van der Waals surface area (Å²) in [6.07, 6.45) is 7.25. The first kappa shape index (κ1) is 15.8. The van der Waals surface area contributed by atoms with Gasteiger partial charge in [-0.15, -0.1) is 0 Å². The first-order valence-corrected chi connectivity index (χ1v) is 8.17. The van der Waals surface area contributed by atoms with Crippen molar-refractivity contribution in [1.29, 1.82) is 0 Å². The van der Waals surface area contributed by atoms with Gasteiger partial charge in [-0.05, 0) is 43.9 Å². The van der Waals surface area contributed by atoms with Crippen molar-refractivity contribution < 1.29 is 0 Å². The molecule has 0 radical (unpaired) electrons. The van der Waals surface area contributed by atoms with Gasteiger partial charge in [0.15, 0.2) is 0 Å². The van der Waals surface area contributed by atoms with E-state index in [-0.39, 0.29) is 6.04 Å². The molecule has 114 valence electrons. The summed E-state index contributed by atoms with van der Waals surface area (Å²) < 4.78 is 1.75. The first-order chi connectivity index (χ1) is 9.35. The Hall–Kier alpha value is -0.540. The molecule has 1 unspecified atom stereocenters. The second-order valence-electron chi connectivity index (χ2n) is 6.96. The largest absolute Gasteiger partial charge is 0.327 e. The molecule has 1 heterocycles. The van der Waals surface area contributed by atoms with E-state index < -0.39 is 0 Å². The van der Waals surface area contributed by atoms with Gasteiger partial charge in [-0.3, -0.25) is 4.68 Å². The Morgan fingerprint density at radius 3 is 2.40 bits per heavy atom. The van der Waals surface area contributed by atoms with Gasteiger partial charge in [-0.2, -0.15) is 5.10 Å². The lowest BCUT2D eigenvalue weighted by Crippen LogP contribution is -2.42. The number of nitrogens with zero attached hydrogens (tertiary/aromatic N) is 2. The Kier molecular flexibility index (Phi) is 4.80. The molecule has 3 nitrogen and oxygen atoms in total. The molecule has 1 fully saturated rings. The number of halogens is 1. The van der Waals surface area contributed by atoms with Crippen LogP contribution in [0.15, 0.2) is 0 Å². The predicted octanol–water partition coefficient (Wildman–Crippen LogP) is 3.86. The van der Waals surface area contributed by atoms with Gasteiger partial charge in [0.05, 0.1) is 5.69 Å². The zero-order valence-electron chi connectivity index (χ0n) is 13.2. The zero-order chi connectivity index (χ0) is 14.9. The molecule has 1 saturated carbocycles. The highest BCUT2D eigenvalue weighted by Gasteiger charge is 2.40. The summed E-state index contributed by atoms with van der Waals surface area (Å²) in [6.45, 7) is 6.63. The molecule has 1 aromatic heterocycles. The summed E-state index contributed by atoms with van der Waals surface area (Å²) in [5.74, 6) is 0.699. The average molecular weight is 298 g/mol. The van der Waals surface area contributed by atoms with E-state index in [2.05, 4.69) is 18.9 Å². The van der Waals surface area contributed by atoms with Crippen molar-refractivity contribution in [3.05, 3.63) is 16.4 Å². The number of hydrogen-bond acceptors (Lipinski definition) is 2. The number of hydrogen-bond donors (Lipinski definition) is 1. The topological polar surface area (TPSA) is 43.8 Å². The molecule has 1 aliphatic carbocycles. The summed E-state index contributed by atoms with van der Waals surface area (Å²) >= 11 is 6.36. The highest BCUT2D eigenvalue weighted by Crippen LogP contribution is 2.46. The molecule has 0 amide bonds. The third-order valence-electron chi connectivity index (χ3n) is 4.89. The lowest BCUT2D eigenvalue weighted by Gasteiger charge is -2.37. The van der Waals surface area contributed by atoms with Crippen molar-refractivity contribution in [2.24, 2.45) is 24.1 Å². The number of rotatable bonds is 5. The Bertz CT molecular complexity index is 459.